The molecule has 1 amide bonds. The second kappa shape index (κ2) is 8.61. The summed E-state index contributed by atoms with van der Waals surface area (Å²) in [7, 11) is 0. The van der Waals surface area contributed by atoms with Gasteiger partial charge in [-0.25, -0.2) is 13.6 Å². The molecule has 0 radical (unpaired) electrons. The van der Waals surface area contributed by atoms with Gasteiger partial charge >= 0.3 is 6.09 Å². The Labute approximate surface area is 174 Å². The highest BCUT2D eigenvalue weighted by atomic mass is 19.1. The molecule has 0 N–H and O–H groups in total. The molecule has 0 aromatic heterocycles. The summed E-state index contributed by atoms with van der Waals surface area (Å²) in [6, 6.07) is 11.5. The molecule has 0 aliphatic carbocycles. The monoisotopic (exact) mass is 411 g/mol. The lowest BCUT2D eigenvalue weighted by atomic mass is 9.94. The first-order valence-corrected chi connectivity index (χ1v) is 9.56. The second-order valence-corrected chi connectivity index (χ2v) is 8.11. The maximum Gasteiger partial charge on any atom is 0.410 e. The number of ketones is 1. The van der Waals surface area contributed by atoms with Crippen LogP contribution in [-0.4, -0.2) is 35.5 Å². The smallest absolute Gasteiger partial charge is 0.410 e. The van der Waals surface area contributed by atoms with Gasteiger partial charge in [0.25, 0.3) is 0 Å². The van der Waals surface area contributed by atoms with Gasteiger partial charge in [-0.05, 0) is 68.3 Å². The van der Waals surface area contributed by atoms with Gasteiger partial charge in [0.05, 0.1) is 13.1 Å². The number of benzene rings is 2. The van der Waals surface area contributed by atoms with Crippen LogP contribution in [0.25, 0.3) is 12.2 Å². The number of piperidine rings is 1. The molecule has 0 bridgehead atoms. The molecule has 6 heteroatoms. The van der Waals surface area contributed by atoms with Gasteiger partial charge in [-0.15, -0.1) is 0 Å². The van der Waals surface area contributed by atoms with E-state index in [1.54, 1.807) is 57.2 Å². The second-order valence-electron chi connectivity index (χ2n) is 8.11. The Kier molecular flexibility index (Phi) is 6.15. The van der Waals surface area contributed by atoms with Crippen LogP contribution < -0.4 is 0 Å². The minimum Gasteiger partial charge on any atom is -0.444 e. The maximum absolute atomic E-state index is 13.2. The van der Waals surface area contributed by atoms with Crippen molar-refractivity contribution >= 4 is 24.0 Å². The molecule has 0 atom stereocenters. The molecular formula is C24H23F2NO3. The van der Waals surface area contributed by atoms with Crippen LogP contribution in [0.1, 0.15) is 31.9 Å². The predicted molar refractivity (Wildman–Crippen MR) is 112 cm³/mol. The van der Waals surface area contributed by atoms with Crippen molar-refractivity contribution in [3.63, 3.8) is 0 Å². The minimum absolute atomic E-state index is 0.0753. The topological polar surface area (TPSA) is 46.6 Å². The molecule has 0 spiro atoms. The molecule has 156 valence electrons. The van der Waals surface area contributed by atoms with Crippen LogP contribution in [0.3, 0.4) is 0 Å². The number of Topliss-reactive ketones (excluding diaryl/α,β-unsaturated/α-hetero) is 1. The number of ether oxygens (including phenoxy) is 1. The highest BCUT2D eigenvalue weighted by Gasteiger charge is 2.31. The normalized spacial score (nSPS) is 17.5. The zero-order valence-electron chi connectivity index (χ0n) is 17.1. The van der Waals surface area contributed by atoms with Crippen LogP contribution >= 0.6 is 0 Å². The minimum atomic E-state index is -0.680. The van der Waals surface area contributed by atoms with E-state index in [9.17, 15) is 18.4 Å². The van der Waals surface area contributed by atoms with Crippen molar-refractivity contribution in [2.45, 2.75) is 26.4 Å². The fourth-order valence-electron chi connectivity index (χ4n) is 3.02. The summed E-state index contributed by atoms with van der Waals surface area (Å²) in [5, 5.41) is 0. The van der Waals surface area contributed by atoms with E-state index < -0.39 is 11.7 Å². The summed E-state index contributed by atoms with van der Waals surface area (Å²) >= 11 is 0. The molecule has 1 fully saturated rings. The van der Waals surface area contributed by atoms with Gasteiger partial charge in [-0.2, -0.15) is 0 Å². The van der Waals surface area contributed by atoms with E-state index in [-0.39, 0.29) is 30.5 Å². The first-order valence-electron chi connectivity index (χ1n) is 9.56. The van der Waals surface area contributed by atoms with Gasteiger partial charge in [0.1, 0.15) is 17.2 Å². The van der Waals surface area contributed by atoms with Crippen LogP contribution in [0.4, 0.5) is 13.6 Å². The van der Waals surface area contributed by atoms with Crippen LogP contribution in [0.2, 0.25) is 0 Å². The van der Waals surface area contributed by atoms with E-state index in [4.69, 9.17) is 4.74 Å². The average Bonchev–Trinajstić information content (AvgIpc) is 2.67. The molecule has 0 unspecified atom stereocenters. The molecule has 1 aliphatic rings. The standard InChI is InChI=1S/C24H23F2NO3/c1-24(2,3)30-23(29)27-14-18(12-16-4-8-20(25)9-5-16)22(28)19(15-27)13-17-6-10-21(26)11-7-17/h4-13H,14-15H2,1-3H3/b18-12-,19-13-. The van der Waals surface area contributed by atoms with E-state index in [2.05, 4.69) is 0 Å². The van der Waals surface area contributed by atoms with E-state index in [0.29, 0.717) is 22.3 Å². The van der Waals surface area contributed by atoms with Gasteiger partial charge in [-0.3, -0.25) is 9.69 Å². The highest BCUT2D eigenvalue weighted by molar-refractivity contribution is 6.15. The third-order valence-corrected chi connectivity index (χ3v) is 4.38. The van der Waals surface area contributed by atoms with Crippen molar-refractivity contribution < 1.29 is 23.1 Å². The number of carbonyl (C=O) groups excluding carboxylic acids is 2. The summed E-state index contributed by atoms with van der Waals surface area (Å²) in [6.07, 6.45) is 2.73. The molecule has 1 heterocycles. The van der Waals surface area contributed by atoms with E-state index in [1.165, 1.54) is 29.2 Å². The Morgan fingerprint density at radius 2 is 1.27 bits per heavy atom. The van der Waals surface area contributed by atoms with Gasteiger partial charge < -0.3 is 4.74 Å². The quantitative estimate of drug-likeness (QED) is 0.634. The fourth-order valence-corrected chi connectivity index (χ4v) is 3.02. The van der Waals surface area contributed by atoms with Gasteiger partial charge in [0.15, 0.2) is 5.78 Å². The molecule has 2 aromatic carbocycles. The first kappa shape index (κ1) is 21.4. The third kappa shape index (κ3) is 5.63. The Morgan fingerprint density at radius 3 is 1.63 bits per heavy atom. The lowest BCUT2D eigenvalue weighted by Gasteiger charge is -2.32. The van der Waals surface area contributed by atoms with Gasteiger partial charge in [-0.1, -0.05) is 24.3 Å². The highest BCUT2D eigenvalue weighted by Crippen LogP contribution is 2.24. The SMILES string of the molecule is CC(C)(C)OC(=O)N1C/C(=C/c2ccc(F)cc2)C(=O)/C(=C\c2ccc(F)cc2)C1. The number of nitrogens with zero attached hydrogens (tertiary/aromatic N) is 1. The Hall–Kier alpha value is -3.28. The number of rotatable bonds is 2. The number of amides is 1. The van der Waals surface area contributed by atoms with E-state index in [0.717, 1.165) is 0 Å². The Balaban J connectivity index is 1.97. The Morgan fingerprint density at radius 1 is 0.867 bits per heavy atom. The van der Waals surface area contributed by atoms with E-state index in [1.807, 2.05) is 0 Å². The molecular weight excluding hydrogens is 388 g/mol. The first-order chi connectivity index (χ1) is 14.1. The largest absolute Gasteiger partial charge is 0.444 e. The number of hydrogen-bond donors (Lipinski definition) is 0. The lowest BCUT2D eigenvalue weighted by Crippen LogP contribution is -2.44. The summed E-state index contributed by atoms with van der Waals surface area (Å²) in [4.78, 5) is 27.1. The number of carbonyl (C=O) groups is 2. The van der Waals surface area contributed by atoms with Crippen LogP contribution in [0, 0.1) is 11.6 Å². The van der Waals surface area contributed by atoms with Crippen molar-refractivity contribution in [2.75, 3.05) is 13.1 Å². The summed E-state index contributed by atoms with van der Waals surface area (Å²) < 4.78 is 31.9. The van der Waals surface area contributed by atoms with Crippen molar-refractivity contribution in [3.05, 3.63) is 82.4 Å². The van der Waals surface area contributed by atoms with Crippen molar-refractivity contribution in [1.29, 1.82) is 0 Å². The van der Waals surface area contributed by atoms with Gasteiger partial charge in [0, 0.05) is 11.1 Å². The maximum atomic E-state index is 13.2. The molecule has 2 aromatic rings. The molecule has 3 rings (SSSR count). The lowest BCUT2D eigenvalue weighted by molar-refractivity contribution is -0.113. The van der Waals surface area contributed by atoms with Crippen molar-refractivity contribution in [3.8, 4) is 0 Å². The number of hydrogen-bond acceptors (Lipinski definition) is 3. The van der Waals surface area contributed by atoms with Crippen molar-refractivity contribution in [2.24, 2.45) is 0 Å². The van der Waals surface area contributed by atoms with Crippen LogP contribution in [0.15, 0.2) is 59.7 Å². The third-order valence-electron chi connectivity index (χ3n) is 4.38. The zero-order chi connectivity index (χ0) is 21.9. The molecule has 1 saturated heterocycles. The summed E-state index contributed by atoms with van der Waals surface area (Å²) in [5.74, 6) is -0.970. The average molecular weight is 411 g/mol. The Bertz CT molecular complexity index is 933. The zero-order valence-corrected chi connectivity index (χ0v) is 17.1. The predicted octanol–water partition coefficient (Wildman–Crippen LogP) is 5.25. The molecule has 4 nitrogen and oxygen atoms in total. The number of halogens is 2. The number of likely N-dealkylation sites (tertiary alicyclic amines) is 1. The van der Waals surface area contributed by atoms with Crippen LogP contribution in [0.5, 0.6) is 0 Å². The van der Waals surface area contributed by atoms with E-state index >= 15 is 0 Å². The summed E-state index contributed by atoms with van der Waals surface area (Å²) in [5.41, 5.74) is 1.37. The fraction of sp³-hybridized carbons (Fsp3) is 0.250. The molecule has 0 saturated carbocycles. The van der Waals surface area contributed by atoms with Crippen molar-refractivity contribution in [1.82, 2.24) is 4.90 Å². The van der Waals surface area contributed by atoms with Crippen LogP contribution in [-0.2, 0) is 9.53 Å². The van der Waals surface area contributed by atoms with Gasteiger partial charge in [0.2, 0.25) is 0 Å². The molecule has 1 aliphatic heterocycles. The summed E-state index contributed by atoms with van der Waals surface area (Å²) in [6.45, 7) is 5.46. The molecule has 30 heavy (non-hydrogen) atoms.